The van der Waals surface area contributed by atoms with Crippen LogP contribution >= 0.6 is 23.9 Å². The molecule has 2 aromatic heterocycles. The molecule has 2 N–H and O–H groups in total. The van der Waals surface area contributed by atoms with E-state index in [1.54, 1.807) is 25.7 Å². The van der Waals surface area contributed by atoms with E-state index >= 15 is 0 Å². The van der Waals surface area contributed by atoms with Gasteiger partial charge in [0, 0.05) is 80.6 Å². The van der Waals surface area contributed by atoms with Crippen LogP contribution in [0.2, 0.25) is 0 Å². The SMILES string of the molecule is COc1cc2c(cc1Nc1ncc(Br)c(Nc3ccc4nccnc4c3P(C)C)n1)CCCN2CCCN1CCN(C)CC1. The van der Waals surface area contributed by atoms with Gasteiger partial charge in [-0.05, 0) is 85.9 Å². The number of fused-ring (bicyclic) bond motifs is 2. The Balaban J connectivity index is 1.20. The largest absolute Gasteiger partial charge is 0.494 e. The summed E-state index contributed by atoms with van der Waals surface area (Å²) in [4.78, 5) is 26.1. The fraction of sp³-hybridized carbons (Fsp3) is 0.438. The summed E-state index contributed by atoms with van der Waals surface area (Å²) in [6, 6.07) is 8.44. The van der Waals surface area contributed by atoms with Crippen LogP contribution in [-0.2, 0) is 6.42 Å². The molecule has 4 heterocycles. The quantitative estimate of drug-likeness (QED) is 0.212. The fourth-order valence-electron chi connectivity index (χ4n) is 6.08. The van der Waals surface area contributed by atoms with E-state index in [0.717, 1.165) is 89.9 Å². The summed E-state index contributed by atoms with van der Waals surface area (Å²) in [5.74, 6) is 1.95. The Bertz CT molecular complexity index is 1610. The number of nitrogens with one attached hydrogen (secondary N) is 2. The van der Waals surface area contributed by atoms with Crippen LogP contribution < -0.4 is 25.6 Å². The number of hydrogen-bond acceptors (Lipinski definition) is 10. The lowest BCUT2D eigenvalue weighted by molar-refractivity contribution is 0.153. The van der Waals surface area contributed by atoms with E-state index in [1.165, 1.54) is 24.3 Å². The molecule has 1 fully saturated rings. The molecule has 0 unspecified atom stereocenters. The molecule has 44 heavy (non-hydrogen) atoms. The van der Waals surface area contributed by atoms with Crippen LogP contribution in [0.4, 0.5) is 28.8 Å². The highest BCUT2D eigenvalue weighted by atomic mass is 79.9. The molecule has 232 valence electrons. The van der Waals surface area contributed by atoms with Crippen LogP contribution in [0.25, 0.3) is 11.0 Å². The third kappa shape index (κ3) is 6.91. The van der Waals surface area contributed by atoms with Crippen molar-refractivity contribution in [3.05, 3.63) is 52.9 Å². The second-order valence-electron chi connectivity index (χ2n) is 11.7. The third-order valence-electron chi connectivity index (χ3n) is 8.42. The molecule has 4 aromatic rings. The molecule has 0 spiro atoms. The van der Waals surface area contributed by atoms with Crippen molar-refractivity contribution in [1.29, 1.82) is 0 Å². The van der Waals surface area contributed by atoms with Crippen molar-refractivity contribution in [3.8, 4) is 5.75 Å². The molecule has 2 aliphatic rings. The Morgan fingerprint density at radius 3 is 2.57 bits per heavy atom. The average Bonchev–Trinajstić information content (AvgIpc) is 3.03. The fourth-order valence-corrected chi connectivity index (χ4v) is 7.58. The summed E-state index contributed by atoms with van der Waals surface area (Å²) in [5.41, 5.74) is 6.25. The maximum atomic E-state index is 5.88. The molecule has 0 bridgehead atoms. The minimum atomic E-state index is -0.458. The number of likely N-dealkylation sites (N-methyl/N-ethyl adjacent to an activating group) is 1. The van der Waals surface area contributed by atoms with Crippen LogP contribution in [0.15, 0.2) is 47.3 Å². The molecule has 0 saturated carbocycles. The summed E-state index contributed by atoms with van der Waals surface area (Å²) < 4.78 is 6.65. The molecule has 12 heteroatoms. The maximum Gasteiger partial charge on any atom is 0.229 e. The number of halogens is 1. The molecule has 0 atom stereocenters. The summed E-state index contributed by atoms with van der Waals surface area (Å²) in [6.45, 7) is 12.4. The van der Waals surface area contributed by atoms with Crippen molar-refractivity contribution >= 4 is 69.0 Å². The van der Waals surface area contributed by atoms with Crippen molar-refractivity contribution in [2.75, 3.05) is 88.8 Å². The zero-order valence-electron chi connectivity index (χ0n) is 26.0. The van der Waals surface area contributed by atoms with Gasteiger partial charge in [0.25, 0.3) is 0 Å². The van der Waals surface area contributed by atoms with E-state index < -0.39 is 7.92 Å². The minimum absolute atomic E-state index is 0.458. The first-order chi connectivity index (χ1) is 21.4. The minimum Gasteiger partial charge on any atom is -0.494 e. The molecule has 2 aliphatic heterocycles. The third-order valence-corrected chi connectivity index (χ3v) is 10.3. The number of nitrogens with zero attached hydrogens (tertiary/aromatic N) is 7. The highest BCUT2D eigenvalue weighted by Gasteiger charge is 2.22. The second kappa shape index (κ2) is 13.9. The number of ether oxygens (including phenoxy) is 1. The number of hydrogen-bond donors (Lipinski definition) is 2. The predicted molar refractivity (Wildman–Crippen MR) is 186 cm³/mol. The molecular weight excluding hydrogens is 637 g/mol. The van der Waals surface area contributed by atoms with E-state index in [-0.39, 0.29) is 0 Å². The zero-order chi connectivity index (χ0) is 30.6. The Kier molecular flexibility index (Phi) is 9.76. The molecular formula is C32H41BrN9OP. The lowest BCUT2D eigenvalue weighted by atomic mass is 10.00. The summed E-state index contributed by atoms with van der Waals surface area (Å²) in [7, 11) is 3.48. The van der Waals surface area contributed by atoms with Gasteiger partial charge in [0.05, 0.1) is 28.3 Å². The molecule has 0 aliphatic carbocycles. The van der Waals surface area contributed by atoms with Gasteiger partial charge in [0.2, 0.25) is 5.95 Å². The van der Waals surface area contributed by atoms with Gasteiger partial charge in [0.15, 0.2) is 0 Å². The van der Waals surface area contributed by atoms with Gasteiger partial charge >= 0.3 is 0 Å². The topological polar surface area (TPSA) is 94.6 Å². The van der Waals surface area contributed by atoms with Crippen LogP contribution in [0.3, 0.4) is 0 Å². The van der Waals surface area contributed by atoms with E-state index in [9.17, 15) is 0 Å². The van der Waals surface area contributed by atoms with Crippen LogP contribution in [-0.4, -0.2) is 103 Å². The normalized spacial score (nSPS) is 15.9. The molecule has 0 radical (unpaired) electrons. The van der Waals surface area contributed by atoms with Gasteiger partial charge < -0.3 is 30.1 Å². The van der Waals surface area contributed by atoms with Crippen LogP contribution in [0.1, 0.15) is 18.4 Å². The van der Waals surface area contributed by atoms with E-state index in [1.807, 2.05) is 6.07 Å². The maximum absolute atomic E-state index is 5.88. The number of aromatic nitrogens is 4. The Labute approximate surface area is 269 Å². The Morgan fingerprint density at radius 2 is 1.77 bits per heavy atom. The highest BCUT2D eigenvalue weighted by molar-refractivity contribution is 9.10. The van der Waals surface area contributed by atoms with Crippen molar-refractivity contribution in [3.63, 3.8) is 0 Å². The van der Waals surface area contributed by atoms with Gasteiger partial charge in [-0.25, -0.2) is 4.98 Å². The Hall–Kier alpha value is -3.11. The summed E-state index contributed by atoms with van der Waals surface area (Å²) in [5, 5.41) is 8.14. The Morgan fingerprint density at radius 1 is 0.955 bits per heavy atom. The van der Waals surface area contributed by atoms with E-state index in [2.05, 4.69) is 94.8 Å². The number of anilines is 5. The van der Waals surface area contributed by atoms with Gasteiger partial charge in [0.1, 0.15) is 11.6 Å². The molecule has 1 saturated heterocycles. The van der Waals surface area contributed by atoms with Crippen molar-refractivity contribution in [1.82, 2.24) is 29.7 Å². The molecule has 6 rings (SSSR count). The molecule has 0 amide bonds. The van der Waals surface area contributed by atoms with Crippen LogP contribution in [0, 0.1) is 0 Å². The van der Waals surface area contributed by atoms with Gasteiger partial charge in [-0.3, -0.25) is 9.97 Å². The lowest BCUT2D eigenvalue weighted by Gasteiger charge is -2.35. The smallest absolute Gasteiger partial charge is 0.229 e. The van der Waals surface area contributed by atoms with E-state index in [4.69, 9.17) is 9.72 Å². The number of methoxy groups -OCH3 is 1. The first kappa shape index (κ1) is 30.9. The second-order valence-corrected chi connectivity index (χ2v) is 14.8. The molecule has 2 aromatic carbocycles. The number of aryl methyl sites for hydroxylation is 1. The van der Waals surface area contributed by atoms with Gasteiger partial charge in [-0.2, -0.15) is 4.98 Å². The van der Waals surface area contributed by atoms with Crippen molar-refractivity contribution in [2.45, 2.75) is 19.3 Å². The monoisotopic (exact) mass is 677 g/mol. The molecule has 10 nitrogen and oxygen atoms in total. The average molecular weight is 679 g/mol. The number of piperazine rings is 1. The summed E-state index contributed by atoms with van der Waals surface area (Å²) in [6.07, 6.45) is 8.60. The predicted octanol–water partition coefficient (Wildman–Crippen LogP) is 5.44. The van der Waals surface area contributed by atoms with E-state index in [0.29, 0.717) is 11.8 Å². The van der Waals surface area contributed by atoms with Gasteiger partial charge in [-0.1, -0.05) is 7.92 Å². The summed E-state index contributed by atoms with van der Waals surface area (Å²) >= 11 is 3.64. The lowest BCUT2D eigenvalue weighted by Crippen LogP contribution is -2.45. The standard InChI is InChI=1S/C32H41BrN9OP/c1-40-15-17-41(18-16-40)12-6-14-42-13-5-7-22-19-26(28(43-2)20-27(22)42)38-32-36-21-23(33)31(39-32)37-25-9-8-24-29(30(25)44(3)4)35-11-10-34-24/h8-11,19-21H,5-7,12-18H2,1-4H3,(H2,36,37,38,39). The first-order valence-corrected chi connectivity index (χ1v) is 18.3. The van der Waals surface area contributed by atoms with Gasteiger partial charge in [-0.15, -0.1) is 0 Å². The zero-order valence-corrected chi connectivity index (χ0v) is 28.5. The van der Waals surface area contributed by atoms with Crippen molar-refractivity contribution < 1.29 is 4.74 Å². The van der Waals surface area contributed by atoms with Crippen LogP contribution in [0.5, 0.6) is 5.75 Å². The highest BCUT2D eigenvalue weighted by Crippen LogP contribution is 2.39. The number of rotatable bonds is 10. The number of benzene rings is 2. The van der Waals surface area contributed by atoms with Crippen molar-refractivity contribution in [2.24, 2.45) is 0 Å². The first-order valence-electron chi connectivity index (χ1n) is 15.2.